The van der Waals surface area contributed by atoms with Crippen molar-refractivity contribution in [2.45, 2.75) is 50.0 Å². The first-order chi connectivity index (χ1) is 12.4. The number of benzene rings is 1. The van der Waals surface area contributed by atoms with Gasteiger partial charge in [-0.15, -0.1) is 11.3 Å². The molecule has 5 nitrogen and oxygen atoms in total. The minimum atomic E-state index is -3.80. The molecular weight excluding hydrogens is 368 g/mol. The third kappa shape index (κ3) is 3.94. The monoisotopic (exact) mass is 392 g/mol. The van der Waals surface area contributed by atoms with Crippen LogP contribution in [0.1, 0.15) is 47.3 Å². The van der Waals surface area contributed by atoms with Crippen LogP contribution in [0.25, 0.3) is 0 Å². The molecule has 7 heteroatoms. The lowest BCUT2D eigenvalue weighted by atomic mass is 9.95. The minimum Gasteiger partial charge on any atom is -0.349 e. The average molecular weight is 393 g/mol. The van der Waals surface area contributed by atoms with E-state index in [1.54, 1.807) is 17.5 Å². The molecule has 1 heterocycles. The van der Waals surface area contributed by atoms with E-state index in [1.807, 2.05) is 19.1 Å². The summed E-state index contributed by atoms with van der Waals surface area (Å²) in [7, 11) is -2.28. The third-order valence-corrected chi connectivity index (χ3v) is 7.68. The largest absolute Gasteiger partial charge is 0.349 e. The highest BCUT2D eigenvalue weighted by atomic mass is 32.2. The fourth-order valence-electron chi connectivity index (χ4n) is 3.21. The number of hydrogen-bond donors (Lipinski definition) is 1. The van der Waals surface area contributed by atoms with Gasteiger partial charge in [0.2, 0.25) is 0 Å². The smallest absolute Gasteiger partial charge is 0.265 e. The van der Waals surface area contributed by atoms with E-state index in [0.29, 0.717) is 5.69 Å². The molecule has 1 aliphatic carbocycles. The maximum atomic E-state index is 13.0. The molecule has 26 heavy (non-hydrogen) atoms. The summed E-state index contributed by atoms with van der Waals surface area (Å²) in [4.78, 5) is 13.0. The van der Waals surface area contributed by atoms with Crippen molar-refractivity contribution in [3.8, 4) is 0 Å². The van der Waals surface area contributed by atoms with Crippen molar-refractivity contribution in [2.24, 2.45) is 0 Å². The summed E-state index contributed by atoms with van der Waals surface area (Å²) in [5.41, 5.74) is 1.63. The van der Waals surface area contributed by atoms with Gasteiger partial charge in [0.05, 0.1) is 5.69 Å². The Labute approximate surface area is 159 Å². The van der Waals surface area contributed by atoms with Gasteiger partial charge in [0.25, 0.3) is 15.9 Å². The number of anilines is 1. The Balaban J connectivity index is 1.83. The first-order valence-corrected chi connectivity index (χ1v) is 11.2. The zero-order valence-electron chi connectivity index (χ0n) is 15.1. The van der Waals surface area contributed by atoms with Gasteiger partial charge in [0, 0.05) is 13.1 Å². The second kappa shape index (κ2) is 7.80. The van der Waals surface area contributed by atoms with Gasteiger partial charge in [-0.2, -0.15) is 0 Å². The van der Waals surface area contributed by atoms with Crippen LogP contribution < -0.4 is 9.62 Å². The Hall–Kier alpha value is -1.86. The molecule has 0 spiro atoms. The highest BCUT2D eigenvalue weighted by Crippen LogP contribution is 2.28. The summed E-state index contributed by atoms with van der Waals surface area (Å²) < 4.78 is 27.3. The molecule has 0 atom stereocenters. The Morgan fingerprint density at radius 3 is 2.42 bits per heavy atom. The number of thiophene rings is 1. The van der Waals surface area contributed by atoms with Crippen LogP contribution in [0.5, 0.6) is 0 Å². The highest BCUT2D eigenvalue weighted by molar-refractivity contribution is 7.93. The molecule has 0 bridgehead atoms. The van der Waals surface area contributed by atoms with Gasteiger partial charge in [-0.25, -0.2) is 8.42 Å². The molecule has 1 fully saturated rings. The molecule has 140 valence electrons. The zero-order chi connectivity index (χ0) is 18.7. The van der Waals surface area contributed by atoms with Gasteiger partial charge < -0.3 is 5.32 Å². The Morgan fingerprint density at radius 2 is 1.77 bits per heavy atom. The maximum Gasteiger partial charge on any atom is 0.265 e. The van der Waals surface area contributed by atoms with Gasteiger partial charge in [-0.1, -0.05) is 37.0 Å². The normalized spacial score (nSPS) is 15.6. The van der Waals surface area contributed by atoms with Crippen molar-refractivity contribution in [1.82, 2.24) is 5.32 Å². The van der Waals surface area contributed by atoms with E-state index in [9.17, 15) is 13.2 Å². The molecule has 0 aliphatic heterocycles. The Bertz CT molecular complexity index is 866. The van der Waals surface area contributed by atoms with Crippen LogP contribution in [-0.2, 0) is 10.0 Å². The molecule has 1 N–H and O–H groups in total. The number of rotatable bonds is 5. The van der Waals surface area contributed by atoms with Crippen LogP contribution in [0.2, 0.25) is 0 Å². The predicted molar refractivity (Wildman–Crippen MR) is 105 cm³/mol. The highest BCUT2D eigenvalue weighted by Gasteiger charge is 2.29. The number of hydrogen-bond acceptors (Lipinski definition) is 4. The molecule has 1 amide bonds. The van der Waals surface area contributed by atoms with Crippen LogP contribution in [0.3, 0.4) is 0 Å². The summed E-state index contributed by atoms with van der Waals surface area (Å²) in [5.74, 6) is -0.289. The van der Waals surface area contributed by atoms with E-state index >= 15 is 0 Å². The fourth-order valence-corrected chi connectivity index (χ4v) is 5.70. The lowest BCUT2D eigenvalue weighted by Crippen LogP contribution is -2.37. The van der Waals surface area contributed by atoms with E-state index in [0.717, 1.165) is 31.2 Å². The van der Waals surface area contributed by atoms with Crippen molar-refractivity contribution in [1.29, 1.82) is 0 Å². The van der Waals surface area contributed by atoms with Gasteiger partial charge in [0.1, 0.15) is 9.77 Å². The van der Waals surface area contributed by atoms with Gasteiger partial charge in [0.15, 0.2) is 0 Å². The maximum absolute atomic E-state index is 13.0. The molecule has 0 unspecified atom stereocenters. The van der Waals surface area contributed by atoms with E-state index < -0.39 is 10.0 Å². The first-order valence-electron chi connectivity index (χ1n) is 8.83. The number of amides is 1. The first kappa shape index (κ1) is 18.9. The zero-order valence-corrected chi connectivity index (χ0v) is 16.7. The second-order valence-corrected chi connectivity index (χ2v) is 9.58. The quantitative estimate of drug-likeness (QED) is 0.838. The van der Waals surface area contributed by atoms with Crippen molar-refractivity contribution in [2.75, 3.05) is 11.4 Å². The van der Waals surface area contributed by atoms with Gasteiger partial charge in [-0.3, -0.25) is 9.10 Å². The van der Waals surface area contributed by atoms with Crippen molar-refractivity contribution >= 4 is 33.0 Å². The van der Waals surface area contributed by atoms with Crippen molar-refractivity contribution in [3.63, 3.8) is 0 Å². The molecule has 1 aromatic carbocycles. The van der Waals surface area contributed by atoms with Crippen molar-refractivity contribution < 1.29 is 13.2 Å². The summed E-state index contributed by atoms with van der Waals surface area (Å²) in [6.07, 6.45) is 5.34. The molecule has 1 aliphatic rings. The number of nitrogens with one attached hydrogen (secondary N) is 1. The predicted octanol–water partition coefficient (Wildman–Crippen LogP) is 3.94. The van der Waals surface area contributed by atoms with Gasteiger partial charge >= 0.3 is 0 Å². The molecule has 1 aromatic heterocycles. The number of carbonyl (C=O) groups excluding carboxylic acids is 1. The minimum absolute atomic E-state index is 0.0684. The molecule has 3 rings (SSSR count). The summed E-state index contributed by atoms with van der Waals surface area (Å²) in [5, 5.41) is 4.67. The van der Waals surface area contributed by atoms with E-state index in [-0.39, 0.29) is 21.7 Å². The third-order valence-electron chi connectivity index (χ3n) is 4.81. The van der Waals surface area contributed by atoms with Crippen LogP contribution in [0, 0.1) is 6.92 Å². The lowest BCUT2D eigenvalue weighted by molar-refractivity contribution is 0.0929. The van der Waals surface area contributed by atoms with E-state index in [1.165, 1.54) is 35.2 Å². The molecule has 1 saturated carbocycles. The summed E-state index contributed by atoms with van der Waals surface area (Å²) >= 11 is 1.17. The standard InChI is InChI=1S/C19H24N2O3S2/c1-14-8-10-16(11-9-14)21(2)26(23,24)17-12-13-25-18(17)19(22)20-15-6-4-3-5-7-15/h8-13,15H,3-7H2,1-2H3,(H,20,22). The van der Waals surface area contributed by atoms with E-state index in [2.05, 4.69) is 5.32 Å². The fraction of sp³-hybridized carbons (Fsp3) is 0.421. The molecular formula is C19H24N2O3S2. The number of sulfonamides is 1. The molecule has 2 aromatic rings. The number of aryl methyl sites for hydroxylation is 1. The SMILES string of the molecule is Cc1ccc(N(C)S(=O)(=O)c2ccsc2C(=O)NC2CCCCC2)cc1. The number of nitrogens with zero attached hydrogens (tertiary/aromatic N) is 1. The second-order valence-electron chi connectivity index (χ2n) is 6.73. The van der Waals surface area contributed by atoms with Crippen LogP contribution in [0.4, 0.5) is 5.69 Å². The lowest BCUT2D eigenvalue weighted by Gasteiger charge is -2.23. The topological polar surface area (TPSA) is 66.5 Å². The number of carbonyl (C=O) groups is 1. The Morgan fingerprint density at radius 1 is 1.12 bits per heavy atom. The van der Waals surface area contributed by atoms with Crippen LogP contribution in [-0.4, -0.2) is 27.4 Å². The Kier molecular flexibility index (Phi) is 5.67. The summed E-state index contributed by atoms with van der Waals surface area (Å²) in [6.45, 7) is 1.95. The average Bonchev–Trinajstić information content (AvgIpc) is 3.13. The van der Waals surface area contributed by atoms with Crippen molar-refractivity contribution in [3.05, 3.63) is 46.2 Å². The van der Waals surface area contributed by atoms with Crippen LogP contribution in [0.15, 0.2) is 40.6 Å². The molecule has 0 saturated heterocycles. The van der Waals surface area contributed by atoms with Crippen LogP contribution >= 0.6 is 11.3 Å². The van der Waals surface area contributed by atoms with E-state index in [4.69, 9.17) is 0 Å². The summed E-state index contributed by atoms with van der Waals surface area (Å²) in [6, 6.07) is 8.92. The van der Waals surface area contributed by atoms with Gasteiger partial charge in [-0.05, 0) is 43.3 Å². The molecule has 0 radical (unpaired) electrons.